The topological polar surface area (TPSA) is 47.3 Å². The molecular formula is C11H15BrN2O. The highest BCUT2D eigenvalue weighted by Crippen LogP contribution is 2.29. The lowest BCUT2D eigenvalue weighted by molar-refractivity contribution is 0.411. The average molecular weight is 271 g/mol. The number of halogens is 1. The Morgan fingerprint density at radius 3 is 2.67 bits per heavy atom. The molecular weight excluding hydrogens is 256 g/mol. The van der Waals surface area contributed by atoms with E-state index < -0.39 is 0 Å². The van der Waals surface area contributed by atoms with Crippen molar-refractivity contribution in [3.05, 3.63) is 40.4 Å². The van der Waals surface area contributed by atoms with Crippen LogP contribution >= 0.6 is 15.9 Å². The first-order valence-corrected chi connectivity index (χ1v) is 5.34. The van der Waals surface area contributed by atoms with Crippen molar-refractivity contribution in [3.63, 3.8) is 0 Å². The molecule has 0 saturated carbocycles. The van der Waals surface area contributed by atoms with Crippen molar-refractivity contribution >= 4 is 15.9 Å². The van der Waals surface area contributed by atoms with Gasteiger partial charge in [-0.15, -0.1) is 0 Å². The third-order valence-corrected chi connectivity index (χ3v) is 2.79. The minimum atomic E-state index is -0.0350. The number of nitrogens with one attached hydrogen (secondary N) is 1. The van der Waals surface area contributed by atoms with Gasteiger partial charge in [0.2, 0.25) is 0 Å². The van der Waals surface area contributed by atoms with Crippen LogP contribution in [-0.2, 0) is 0 Å². The zero-order valence-corrected chi connectivity index (χ0v) is 10.5. The van der Waals surface area contributed by atoms with E-state index in [0.29, 0.717) is 0 Å². The second-order valence-electron chi connectivity index (χ2n) is 3.34. The second kappa shape index (κ2) is 5.30. The van der Waals surface area contributed by atoms with Gasteiger partial charge < -0.3 is 4.74 Å². The van der Waals surface area contributed by atoms with Crippen LogP contribution in [0.2, 0.25) is 0 Å². The summed E-state index contributed by atoms with van der Waals surface area (Å²) in [7, 11) is 1.64. The summed E-state index contributed by atoms with van der Waals surface area (Å²) < 4.78 is 6.06. The highest BCUT2D eigenvalue weighted by Gasteiger charge is 2.11. The van der Waals surface area contributed by atoms with Crippen molar-refractivity contribution in [1.29, 1.82) is 0 Å². The van der Waals surface area contributed by atoms with Crippen molar-refractivity contribution in [1.82, 2.24) is 5.43 Å². The molecule has 1 rings (SSSR count). The van der Waals surface area contributed by atoms with E-state index >= 15 is 0 Å². The van der Waals surface area contributed by atoms with Gasteiger partial charge >= 0.3 is 0 Å². The van der Waals surface area contributed by atoms with E-state index in [2.05, 4.69) is 27.9 Å². The molecule has 4 heteroatoms. The van der Waals surface area contributed by atoms with Crippen LogP contribution in [0.5, 0.6) is 5.75 Å². The number of nitrogens with two attached hydrogens (primary N) is 1. The number of benzene rings is 1. The molecule has 1 aromatic carbocycles. The van der Waals surface area contributed by atoms with Gasteiger partial charge in [0.25, 0.3) is 0 Å². The SMILES string of the molecule is C=C(C)C(NN)c1ccc(OC)c(Br)c1. The molecule has 0 fully saturated rings. The summed E-state index contributed by atoms with van der Waals surface area (Å²) in [5.41, 5.74) is 4.74. The molecule has 0 aliphatic carbocycles. The molecule has 3 N–H and O–H groups in total. The second-order valence-corrected chi connectivity index (χ2v) is 4.19. The summed E-state index contributed by atoms with van der Waals surface area (Å²) in [5.74, 6) is 6.27. The Bertz CT molecular complexity index is 366. The molecule has 0 bridgehead atoms. The van der Waals surface area contributed by atoms with Gasteiger partial charge in [0.1, 0.15) is 5.75 Å². The maximum atomic E-state index is 5.47. The van der Waals surface area contributed by atoms with E-state index in [1.807, 2.05) is 25.1 Å². The normalized spacial score (nSPS) is 12.3. The Balaban J connectivity index is 3.05. The highest BCUT2D eigenvalue weighted by molar-refractivity contribution is 9.10. The first-order chi connectivity index (χ1) is 7.10. The molecule has 15 heavy (non-hydrogen) atoms. The lowest BCUT2D eigenvalue weighted by Gasteiger charge is -2.17. The van der Waals surface area contributed by atoms with E-state index in [9.17, 15) is 0 Å². The van der Waals surface area contributed by atoms with Crippen LogP contribution in [0.15, 0.2) is 34.8 Å². The van der Waals surface area contributed by atoms with E-state index in [-0.39, 0.29) is 6.04 Å². The molecule has 0 aliphatic heterocycles. The van der Waals surface area contributed by atoms with Crippen LogP contribution in [0.3, 0.4) is 0 Å². The molecule has 1 unspecified atom stereocenters. The molecule has 1 aromatic rings. The van der Waals surface area contributed by atoms with Gasteiger partial charge in [0.05, 0.1) is 17.6 Å². The van der Waals surface area contributed by atoms with Crippen molar-refractivity contribution in [2.75, 3.05) is 7.11 Å². The Kier molecular flexibility index (Phi) is 4.32. The third kappa shape index (κ3) is 2.81. The standard InChI is InChI=1S/C11H15BrN2O/c1-7(2)11(14-13)8-4-5-10(15-3)9(12)6-8/h4-6,11,14H,1,13H2,2-3H3. The first kappa shape index (κ1) is 12.2. The van der Waals surface area contributed by atoms with Crippen molar-refractivity contribution < 1.29 is 4.74 Å². The van der Waals surface area contributed by atoms with Crippen LogP contribution in [0, 0.1) is 0 Å². The zero-order chi connectivity index (χ0) is 11.4. The highest BCUT2D eigenvalue weighted by atomic mass is 79.9. The summed E-state index contributed by atoms with van der Waals surface area (Å²) in [4.78, 5) is 0. The van der Waals surface area contributed by atoms with E-state index in [1.54, 1.807) is 7.11 Å². The van der Waals surface area contributed by atoms with Crippen LogP contribution in [0.25, 0.3) is 0 Å². The van der Waals surface area contributed by atoms with Gasteiger partial charge in [-0.3, -0.25) is 5.84 Å². The Labute approximate surface area is 98.4 Å². The van der Waals surface area contributed by atoms with E-state index in [4.69, 9.17) is 10.6 Å². The molecule has 82 valence electrons. The zero-order valence-electron chi connectivity index (χ0n) is 8.88. The lowest BCUT2D eigenvalue weighted by Crippen LogP contribution is -2.28. The Morgan fingerprint density at radius 2 is 2.27 bits per heavy atom. The predicted molar refractivity (Wildman–Crippen MR) is 65.6 cm³/mol. The van der Waals surface area contributed by atoms with Gasteiger partial charge in [-0.1, -0.05) is 18.2 Å². The minimum absolute atomic E-state index is 0.0350. The van der Waals surface area contributed by atoms with Crippen LogP contribution < -0.4 is 16.0 Å². The number of ether oxygens (including phenoxy) is 1. The molecule has 0 spiro atoms. The van der Waals surface area contributed by atoms with E-state index in [0.717, 1.165) is 21.4 Å². The molecule has 0 amide bonds. The number of hydrogen-bond acceptors (Lipinski definition) is 3. The molecule has 3 nitrogen and oxygen atoms in total. The fraction of sp³-hybridized carbons (Fsp3) is 0.273. The smallest absolute Gasteiger partial charge is 0.133 e. The molecule has 0 radical (unpaired) electrons. The quantitative estimate of drug-likeness (QED) is 0.502. The fourth-order valence-corrected chi connectivity index (χ4v) is 1.94. The van der Waals surface area contributed by atoms with Crippen LogP contribution in [0.1, 0.15) is 18.5 Å². The third-order valence-electron chi connectivity index (χ3n) is 2.17. The van der Waals surface area contributed by atoms with E-state index in [1.165, 1.54) is 0 Å². The minimum Gasteiger partial charge on any atom is -0.496 e. The van der Waals surface area contributed by atoms with Crippen molar-refractivity contribution in [3.8, 4) is 5.75 Å². The van der Waals surface area contributed by atoms with Gasteiger partial charge in [-0.25, -0.2) is 5.43 Å². The number of hydrazine groups is 1. The predicted octanol–water partition coefficient (Wildman–Crippen LogP) is 2.54. The number of hydrogen-bond donors (Lipinski definition) is 2. The van der Waals surface area contributed by atoms with Crippen LogP contribution in [-0.4, -0.2) is 7.11 Å². The number of methoxy groups -OCH3 is 1. The molecule has 0 aliphatic rings. The molecule has 1 atom stereocenters. The monoisotopic (exact) mass is 270 g/mol. The Morgan fingerprint density at radius 1 is 1.60 bits per heavy atom. The summed E-state index contributed by atoms with van der Waals surface area (Å²) in [5, 5.41) is 0. The largest absolute Gasteiger partial charge is 0.496 e. The summed E-state index contributed by atoms with van der Waals surface area (Å²) in [6, 6.07) is 5.79. The maximum Gasteiger partial charge on any atom is 0.133 e. The Hall–Kier alpha value is -0.840. The summed E-state index contributed by atoms with van der Waals surface area (Å²) in [6.07, 6.45) is 0. The maximum absolute atomic E-state index is 5.47. The molecule has 0 saturated heterocycles. The average Bonchev–Trinajstić information content (AvgIpc) is 2.18. The van der Waals surface area contributed by atoms with Gasteiger partial charge in [-0.05, 0) is 40.5 Å². The molecule has 0 heterocycles. The fourth-order valence-electron chi connectivity index (χ4n) is 1.39. The lowest BCUT2D eigenvalue weighted by atomic mass is 10.0. The van der Waals surface area contributed by atoms with Gasteiger partial charge in [-0.2, -0.15) is 0 Å². The van der Waals surface area contributed by atoms with Gasteiger partial charge in [0, 0.05) is 0 Å². The molecule has 0 aromatic heterocycles. The summed E-state index contributed by atoms with van der Waals surface area (Å²) in [6.45, 7) is 5.82. The number of rotatable bonds is 4. The van der Waals surface area contributed by atoms with Crippen LogP contribution in [0.4, 0.5) is 0 Å². The first-order valence-electron chi connectivity index (χ1n) is 4.55. The van der Waals surface area contributed by atoms with Crippen molar-refractivity contribution in [2.45, 2.75) is 13.0 Å². The van der Waals surface area contributed by atoms with Crippen molar-refractivity contribution in [2.24, 2.45) is 5.84 Å². The van der Waals surface area contributed by atoms with Gasteiger partial charge in [0.15, 0.2) is 0 Å². The summed E-state index contributed by atoms with van der Waals surface area (Å²) >= 11 is 3.43.